The zero-order valence-corrected chi connectivity index (χ0v) is 37.0. The van der Waals surface area contributed by atoms with E-state index in [-0.39, 0.29) is 0 Å². The minimum Gasteiger partial charge on any atom is -0.311 e. The minimum absolute atomic E-state index is 1.09. The zero-order chi connectivity index (χ0) is 43.1. The van der Waals surface area contributed by atoms with E-state index in [0.717, 1.165) is 28.4 Å². The number of fused-ring (bicyclic) bond motifs is 4. The van der Waals surface area contributed by atoms with Crippen molar-refractivity contribution in [2.24, 2.45) is 0 Å². The van der Waals surface area contributed by atoms with Gasteiger partial charge in [0.2, 0.25) is 0 Å². The molecule has 0 fully saturated rings. The van der Waals surface area contributed by atoms with Gasteiger partial charge in [0.15, 0.2) is 0 Å². The van der Waals surface area contributed by atoms with E-state index >= 15 is 0 Å². The van der Waals surface area contributed by atoms with E-state index in [9.17, 15) is 0 Å². The van der Waals surface area contributed by atoms with Crippen LogP contribution >= 0.6 is 23.5 Å². The van der Waals surface area contributed by atoms with Crippen molar-refractivity contribution in [3.05, 3.63) is 249 Å². The quantitative estimate of drug-likeness (QED) is 0.150. The molecule has 0 amide bonds. The molecule has 308 valence electrons. The molecule has 2 aliphatic rings. The third-order valence-corrected chi connectivity index (χ3v) is 14.5. The molecule has 65 heavy (non-hydrogen) atoms. The summed E-state index contributed by atoms with van der Waals surface area (Å²) >= 11 is 3.67. The van der Waals surface area contributed by atoms with Gasteiger partial charge >= 0.3 is 0 Å². The van der Waals surface area contributed by atoms with E-state index in [2.05, 4.69) is 263 Å². The summed E-state index contributed by atoms with van der Waals surface area (Å²) in [7, 11) is 0. The summed E-state index contributed by atoms with van der Waals surface area (Å²) in [5.74, 6) is 0. The van der Waals surface area contributed by atoms with E-state index in [0.29, 0.717) is 0 Å². The Hall–Kier alpha value is -7.70. The van der Waals surface area contributed by atoms with Gasteiger partial charge in [-0.05, 0) is 143 Å². The number of nitrogens with zero attached hydrogens (tertiary/aromatic N) is 3. The normalized spacial score (nSPS) is 12.4. The first-order chi connectivity index (χ1) is 32.2. The first kappa shape index (κ1) is 38.9. The smallest absolute Gasteiger partial charge is 0.0601 e. The van der Waals surface area contributed by atoms with Crippen LogP contribution in [0, 0.1) is 0 Å². The van der Waals surface area contributed by atoms with Gasteiger partial charge in [0, 0.05) is 48.0 Å². The van der Waals surface area contributed by atoms with Gasteiger partial charge < -0.3 is 14.7 Å². The summed E-state index contributed by atoms with van der Waals surface area (Å²) in [6.07, 6.45) is 0. The van der Waals surface area contributed by atoms with Crippen LogP contribution in [-0.4, -0.2) is 0 Å². The van der Waals surface area contributed by atoms with Crippen molar-refractivity contribution in [2.75, 3.05) is 14.7 Å². The third-order valence-electron chi connectivity index (χ3n) is 12.3. The van der Waals surface area contributed by atoms with Gasteiger partial charge in [0.1, 0.15) is 0 Å². The maximum atomic E-state index is 2.38. The molecular formula is C60H41N3S2. The molecule has 3 nitrogen and oxygen atoms in total. The highest BCUT2D eigenvalue weighted by Gasteiger charge is 2.26. The highest BCUT2D eigenvalue weighted by Crippen LogP contribution is 2.53. The predicted octanol–water partition coefficient (Wildman–Crippen LogP) is 18.0. The summed E-state index contributed by atoms with van der Waals surface area (Å²) in [6.45, 7) is 0. The lowest BCUT2D eigenvalue weighted by atomic mass is 10.0. The van der Waals surface area contributed by atoms with Crippen LogP contribution in [0.5, 0.6) is 0 Å². The van der Waals surface area contributed by atoms with Crippen molar-refractivity contribution >= 4 is 74.7 Å². The van der Waals surface area contributed by atoms with Gasteiger partial charge in [-0.15, -0.1) is 0 Å². The van der Waals surface area contributed by atoms with Crippen molar-refractivity contribution in [1.29, 1.82) is 0 Å². The number of hydrogen-bond acceptors (Lipinski definition) is 5. The second-order valence-corrected chi connectivity index (χ2v) is 18.3. The molecule has 0 saturated carbocycles. The molecule has 0 atom stereocenters. The molecule has 0 spiro atoms. The monoisotopic (exact) mass is 867 g/mol. The summed E-state index contributed by atoms with van der Waals surface area (Å²) < 4.78 is 0. The van der Waals surface area contributed by atoms with Crippen molar-refractivity contribution in [1.82, 2.24) is 0 Å². The molecule has 12 rings (SSSR count). The van der Waals surface area contributed by atoms with Crippen molar-refractivity contribution in [3.8, 4) is 33.4 Å². The van der Waals surface area contributed by atoms with E-state index in [4.69, 9.17) is 0 Å². The Balaban J connectivity index is 0.845. The molecule has 10 aromatic rings. The van der Waals surface area contributed by atoms with E-state index in [1.807, 2.05) is 23.5 Å². The Bertz CT molecular complexity index is 3020. The van der Waals surface area contributed by atoms with Gasteiger partial charge in [0.25, 0.3) is 0 Å². The second-order valence-electron chi connectivity index (χ2n) is 16.2. The van der Waals surface area contributed by atoms with Gasteiger partial charge in [-0.1, -0.05) is 163 Å². The number of hydrogen-bond donors (Lipinski definition) is 0. The van der Waals surface area contributed by atoms with Crippen molar-refractivity contribution < 1.29 is 0 Å². The van der Waals surface area contributed by atoms with Crippen LogP contribution < -0.4 is 14.7 Å². The van der Waals surface area contributed by atoms with Crippen molar-refractivity contribution in [2.45, 2.75) is 19.6 Å². The molecule has 0 N–H and O–H groups in total. The lowest BCUT2D eigenvalue weighted by molar-refractivity contribution is 1.17. The fourth-order valence-electron chi connectivity index (χ4n) is 9.06. The summed E-state index contributed by atoms with van der Waals surface area (Å²) in [6, 6.07) is 90.0. The molecule has 0 saturated heterocycles. The molecule has 2 heterocycles. The fourth-order valence-corrected chi connectivity index (χ4v) is 11.2. The Morgan fingerprint density at radius 1 is 0.231 bits per heavy atom. The maximum Gasteiger partial charge on any atom is 0.0601 e. The van der Waals surface area contributed by atoms with E-state index < -0.39 is 0 Å². The highest BCUT2D eigenvalue weighted by molar-refractivity contribution is 8.00. The first-order valence-corrected chi connectivity index (χ1v) is 23.5. The largest absolute Gasteiger partial charge is 0.311 e. The van der Waals surface area contributed by atoms with Gasteiger partial charge in [-0.25, -0.2) is 0 Å². The van der Waals surface area contributed by atoms with Crippen LogP contribution in [0.25, 0.3) is 33.4 Å². The van der Waals surface area contributed by atoms with Crippen LogP contribution in [0.1, 0.15) is 0 Å². The van der Waals surface area contributed by atoms with Crippen molar-refractivity contribution in [3.63, 3.8) is 0 Å². The third kappa shape index (κ3) is 7.35. The van der Waals surface area contributed by atoms with E-state index in [1.54, 1.807) is 0 Å². The fraction of sp³-hybridized carbons (Fsp3) is 0. The summed E-state index contributed by atoms with van der Waals surface area (Å²) in [4.78, 5) is 12.2. The molecule has 0 unspecified atom stereocenters. The minimum atomic E-state index is 1.09. The summed E-state index contributed by atoms with van der Waals surface area (Å²) in [5.41, 5.74) is 17.5. The number of para-hydroxylation sites is 4. The zero-order valence-electron chi connectivity index (χ0n) is 35.3. The Labute approximate surface area is 388 Å². The first-order valence-electron chi connectivity index (χ1n) is 21.9. The molecule has 5 heteroatoms. The van der Waals surface area contributed by atoms with Crippen LogP contribution in [0.4, 0.5) is 51.2 Å². The van der Waals surface area contributed by atoms with Crippen LogP contribution in [0.15, 0.2) is 268 Å². The Morgan fingerprint density at radius 3 is 0.785 bits per heavy atom. The standard InChI is InChI=1S/C60H41N3S2/c1-2-12-42(13-3-1)43-22-32-48(33-23-43)61(49-34-24-44(25-35-49)46-28-38-51(39-29-46)62-53-14-4-8-18-57(53)64-58-19-9-5-15-54(58)62)50-36-26-45(27-37-50)47-30-40-52(41-31-47)63-55-16-6-10-20-59(55)65-60-21-11-7-17-56(60)63/h1-41H. The Kier molecular flexibility index (Phi) is 10.0. The number of benzene rings is 10. The average Bonchev–Trinajstić information content (AvgIpc) is 3.38. The van der Waals surface area contributed by atoms with E-state index in [1.165, 1.54) is 75.7 Å². The molecular weight excluding hydrogens is 827 g/mol. The van der Waals surface area contributed by atoms with Crippen LogP contribution in [0.3, 0.4) is 0 Å². The molecule has 0 aliphatic carbocycles. The maximum absolute atomic E-state index is 2.38. The molecule has 2 aliphatic heterocycles. The molecule has 0 aromatic heterocycles. The Morgan fingerprint density at radius 2 is 0.477 bits per heavy atom. The van der Waals surface area contributed by atoms with Gasteiger partial charge in [0.05, 0.1) is 22.7 Å². The SMILES string of the molecule is c1ccc(-c2ccc(N(c3ccc(-c4ccc(N5c6ccccc6Sc6ccccc65)cc4)cc3)c3ccc(-c4ccc(N5c6ccccc6Sc6ccccc65)cc4)cc3)cc2)cc1. The second kappa shape index (κ2) is 16.8. The number of anilines is 9. The van der Waals surface area contributed by atoms with Crippen LogP contribution in [-0.2, 0) is 0 Å². The topological polar surface area (TPSA) is 9.72 Å². The lowest BCUT2D eigenvalue weighted by Crippen LogP contribution is -2.14. The number of rotatable bonds is 8. The predicted molar refractivity (Wildman–Crippen MR) is 275 cm³/mol. The lowest BCUT2D eigenvalue weighted by Gasteiger charge is -2.32. The average molecular weight is 868 g/mol. The van der Waals surface area contributed by atoms with Crippen LogP contribution in [0.2, 0.25) is 0 Å². The summed E-state index contributed by atoms with van der Waals surface area (Å²) in [5, 5.41) is 0. The molecule has 0 radical (unpaired) electrons. The van der Waals surface area contributed by atoms with Gasteiger partial charge in [-0.3, -0.25) is 0 Å². The highest BCUT2D eigenvalue weighted by atomic mass is 32.2. The molecule has 0 bridgehead atoms. The van der Waals surface area contributed by atoms with Gasteiger partial charge in [-0.2, -0.15) is 0 Å². The molecule has 10 aromatic carbocycles.